The van der Waals surface area contributed by atoms with Gasteiger partial charge in [0.05, 0.1) is 11.5 Å². The van der Waals surface area contributed by atoms with Crippen LogP contribution in [0.4, 0.5) is 26.3 Å². The Labute approximate surface area is 128 Å². The van der Waals surface area contributed by atoms with Gasteiger partial charge in [-0.2, -0.15) is 26.3 Å². The quantitative estimate of drug-likeness (QED) is 0.315. The molecule has 0 atom stereocenters. The Bertz CT molecular complexity index is 374. The minimum absolute atomic E-state index is 0. The van der Waals surface area contributed by atoms with E-state index in [4.69, 9.17) is 10.2 Å². The van der Waals surface area contributed by atoms with Gasteiger partial charge in [-0.05, 0) is 13.8 Å². The number of hydrogen-bond acceptors (Lipinski definition) is 4. The summed E-state index contributed by atoms with van der Waals surface area (Å²) in [5, 5.41) is 16.5. The van der Waals surface area contributed by atoms with Gasteiger partial charge in [0.1, 0.15) is 0 Å². The van der Waals surface area contributed by atoms with E-state index in [1.54, 1.807) is 0 Å². The van der Waals surface area contributed by atoms with Crippen molar-refractivity contribution in [2.45, 2.75) is 26.2 Å². The van der Waals surface area contributed by atoms with E-state index in [9.17, 15) is 35.9 Å². The van der Waals surface area contributed by atoms with Crippen LogP contribution in [-0.4, -0.2) is 34.1 Å². The number of allylic oxidation sites excluding steroid dienone is 4. The Kier molecular flexibility index (Phi) is 11.2. The normalized spacial score (nSPS) is 12.8. The summed E-state index contributed by atoms with van der Waals surface area (Å²) in [5.41, 5.74) is 0. The molecule has 0 aliphatic rings. The van der Waals surface area contributed by atoms with Gasteiger partial charge in [0.2, 0.25) is 0 Å². The SMILES string of the molecule is C/C(O)=C/C(=O)C(F)(F)F.C/C(O)=C/C(=O)C(F)(F)F.[Pd]. The molecule has 0 aliphatic carbocycles. The average Bonchev–Trinajstić information content (AvgIpc) is 2.13. The topological polar surface area (TPSA) is 74.6 Å². The number of halogens is 6. The molecular formula is C10H10F6O4Pd. The zero-order valence-electron chi connectivity index (χ0n) is 10.4. The first kappa shape index (κ1) is 24.7. The zero-order valence-corrected chi connectivity index (χ0v) is 12.0. The van der Waals surface area contributed by atoms with E-state index in [-0.39, 0.29) is 32.6 Å². The third kappa shape index (κ3) is 14.9. The van der Waals surface area contributed by atoms with Crippen molar-refractivity contribution in [1.29, 1.82) is 0 Å². The van der Waals surface area contributed by atoms with Crippen molar-refractivity contribution in [3.8, 4) is 0 Å². The number of carbonyl (C=O) groups is 2. The molecule has 0 radical (unpaired) electrons. The fourth-order valence-electron chi connectivity index (χ4n) is 0.543. The van der Waals surface area contributed by atoms with Crippen LogP contribution < -0.4 is 0 Å². The average molecular weight is 415 g/mol. The third-order valence-corrected chi connectivity index (χ3v) is 1.24. The molecule has 126 valence electrons. The van der Waals surface area contributed by atoms with Crippen molar-refractivity contribution in [3.05, 3.63) is 23.7 Å². The number of alkyl halides is 6. The van der Waals surface area contributed by atoms with E-state index >= 15 is 0 Å². The van der Waals surface area contributed by atoms with Gasteiger partial charge in [-0.15, -0.1) is 0 Å². The first-order chi connectivity index (χ1) is 8.67. The van der Waals surface area contributed by atoms with Crippen LogP contribution in [-0.2, 0) is 30.0 Å². The summed E-state index contributed by atoms with van der Waals surface area (Å²) in [6.45, 7) is 1.98. The molecule has 0 aromatic carbocycles. The molecule has 0 aliphatic heterocycles. The third-order valence-electron chi connectivity index (χ3n) is 1.24. The molecule has 0 unspecified atom stereocenters. The molecule has 0 aromatic heterocycles. The minimum Gasteiger partial charge on any atom is -0.512 e. The maximum atomic E-state index is 11.3. The molecule has 0 fully saturated rings. The number of aliphatic hydroxyl groups excluding tert-OH is 2. The van der Waals surface area contributed by atoms with Crippen LogP contribution in [0.15, 0.2) is 23.7 Å². The van der Waals surface area contributed by atoms with Crippen LogP contribution in [0.3, 0.4) is 0 Å². The van der Waals surface area contributed by atoms with Crippen LogP contribution in [0.25, 0.3) is 0 Å². The van der Waals surface area contributed by atoms with Crippen molar-refractivity contribution >= 4 is 11.6 Å². The van der Waals surface area contributed by atoms with Crippen LogP contribution >= 0.6 is 0 Å². The van der Waals surface area contributed by atoms with E-state index in [1.165, 1.54) is 0 Å². The Morgan fingerprint density at radius 1 is 0.762 bits per heavy atom. The Morgan fingerprint density at radius 2 is 0.952 bits per heavy atom. The van der Waals surface area contributed by atoms with E-state index in [0.29, 0.717) is 0 Å². The van der Waals surface area contributed by atoms with E-state index in [1.807, 2.05) is 0 Å². The summed E-state index contributed by atoms with van der Waals surface area (Å²) in [4.78, 5) is 19.8. The molecule has 0 saturated carbocycles. The monoisotopic (exact) mass is 414 g/mol. The molecule has 0 rings (SSSR count). The second-order valence-corrected chi connectivity index (χ2v) is 3.30. The molecule has 0 spiro atoms. The van der Waals surface area contributed by atoms with Crippen LogP contribution in [0, 0.1) is 0 Å². The molecular weight excluding hydrogens is 405 g/mol. The van der Waals surface area contributed by atoms with E-state index < -0.39 is 35.4 Å². The summed E-state index contributed by atoms with van der Waals surface area (Å²) >= 11 is 0. The second kappa shape index (κ2) is 9.57. The van der Waals surface area contributed by atoms with Gasteiger partial charge in [-0.1, -0.05) is 0 Å². The molecule has 21 heavy (non-hydrogen) atoms. The molecule has 0 bridgehead atoms. The minimum atomic E-state index is -4.88. The van der Waals surface area contributed by atoms with Crippen molar-refractivity contribution in [3.63, 3.8) is 0 Å². The number of ketones is 2. The van der Waals surface area contributed by atoms with E-state index in [2.05, 4.69) is 0 Å². The van der Waals surface area contributed by atoms with Gasteiger partial charge in [-0.3, -0.25) is 9.59 Å². The van der Waals surface area contributed by atoms with Gasteiger partial charge < -0.3 is 10.2 Å². The predicted molar refractivity (Wildman–Crippen MR) is 54.9 cm³/mol. The van der Waals surface area contributed by atoms with Gasteiger partial charge >= 0.3 is 12.4 Å². The number of aliphatic hydroxyl groups is 2. The molecule has 4 nitrogen and oxygen atoms in total. The van der Waals surface area contributed by atoms with Crippen LogP contribution in [0.1, 0.15) is 13.8 Å². The summed E-state index contributed by atoms with van der Waals surface area (Å²) in [7, 11) is 0. The fourth-order valence-corrected chi connectivity index (χ4v) is 0.543. The van der Waals surface area contributed by atoms with Crippen molar-refractivity contribution in [1.82, 2.24) is 0 Å². The van der Waals surface area contributed by atoms with Crippen molar-refractivity contribution in [2.75, 3.05) is 0 Å². The first-order valence-corrected chi connectivity index (χ1v) is 4.64. The van der Waals surface area contributed by atoms with E-state index in [0.717, 1.165) is 13.8 Å². The number of rotatable bonds is 2. The largest absolute Gasteiger partial charge is 0.512 e. The Hall–Kier alpha value is -1.34. The second-order valence-electron chi connectivity index (χ2n) is 3.30. The Balaban J connectivity index is -0.000000295. The smallest absolute Gasteiger partial charge is 0.454 e. The summed E-state index contributed by atoms with van der Waals surface area (Å²) in [5.74, 6) is -5.40. The molecule has 0 amide bonds. The standard InChI is InChI=1S/2C5H5F3O2.Pd/c2*1-3(9)2-4(10)5(6,7)8;/h2*2,9H,1H3;/b2*3-2-;. The number of carbonyl (C=O) groups excluding carboxylic acids is 2. The fraction of sp³-hybridized carbons (Fsp3) is 0.400. The van der Waals surface area contributed by atoms with Crippen LogP contribution in [0.2, 0.25) is 0 Å². The Morgan fingerprint density at radius 3 is 1.00 bits per heavy atom. The maximum absolute atomic E-state index is 11.3. The summed E-state index contributed by atoms with van der Waals surface area (Å²) < 4.78 is 67.8. The van der Waals surface area contributed by atoms with Crippen molar-refractivity contribution < 1.29 is 66.6 Å². The van der Waals surface area contributed by atoms with Crippen LogP contribution in [0.5, 0.6) is 0 Å². The van der Waals surface area contributed by atoms with Gasteiger partial charge in [0.15, 0.2) is 0 Å². The molecule has 0 heterocycles. The zero-order chi connectivity index (χ0) is 16.7. The molecule has 0 aromatic rings. The molecule has 0 saturated heterocycles. The van der Waals surface area contributed by atoms with Gasteiger partial charge in [-0.25, -0.2) is 0 Å². The van der Waals surface area contributed by atoms with Gasteiger partial charge in [0.25, 0.3) is 11.6 Å². The van der Waals surface area contributed by atoms with Crippen molar-refractivity contribution in [2.24, 2.45) is 0 Å². The summed E-state index contributed by atoms with van der Waals surface area (Å²) in [6, 6.07) is 0. The first-order valence-electron chi connectivity index (χ1n) is 4.64. The summed E-state index contributed by atoms with van der Waals surface area (Å²) in [6.07, 6.45) is -9.52. The molecule has 2 N–H and O–H groups in total. The molecule has 11 heteroatoms. The predicted octanol–water partition coefficient (Wildman–Crippen LogP) is 3.16. The number of hydrogen-bond donors (Lipinski definition) is 2. The maximum Gasteiger partial charge on any atom is 0.454 e. The van der Waals surface area contributed by atoms with Gasteiger partial charge in [0, 0.05) is 32.6 Å².